The SMILES string of the molecule is COC(=O)c1ccc(S(C)(=O)=O)c(OC)c1. The van der Waals surface area contributed by atoms with Crippen molar-refractivity contribution in [2.24, 2.45) is 0 Å². The molecule has 1 rings (SSSR count). The van der Waals surface area contributed by atoms with E-state index in [1.165, 1.54) is 32.4 Å². The van der Waals surface area contributed by atoms with Crippen LogP contribution in [0.2, 0.25) is 0 Å². The quantitative estimate of drug-likeness (QED) is 0.738. The Morgan fingerprint density at radius 2 is 1.88 bits per heavy atom. The molecule has 0 amide bonds. The second kappa shape index (κ2) is 4.52. The molecule has 88 valence electrons. The van der Waals surface area contributed by atoms with Gasteiger partial charge in [0.15, 0.2) is 9.84 Å². The van der Waals surface area contributed by atoms with E-state index in [1.807, 2.05) is 0 Å². The summed E-state index contributed by atoms with van der Waals surface area (Å²) >= 11 is 0. The fraction of sp³-hybridized carbons (Fsp3) is 0.300. The van der Waals surface area contributed by atoms with E-state index in [9.17, 15) is 13.2 Å². The molecule has 0 atom stereocenters. The lowest BCUT2D eigenvalue weighted by atomic mass is 10.2. The van der Waals surface area contributed by atoms with E-state index in [1.54, 1.807) is 0 Å². The molecule has 0 aliphatic rings. The van der Waals surface area contributed by atoms with Crippen LogP contribution in [0.4, 0.5) is 0 Å². The number of esters is 1. The maximum atomic E-state index is 11.4. The Kier molecular flexibility index (Phi) is 3.54. The van der Waals surface area contributed by atoms with Crippen molar-refractivity contribution in [2.45, 2.75) is 4.90 Å². The predicted molar refractivity (Wildman–Crippen MR) is 57.4 cm³/mol. The lowest BCUT2D eigenvalue weighted by Gasteiger charge is -2.08. The Labute approximate surface area is 93.9 Å². The highest BCUT2D eigenvalue weighted by Crippen LogP contribution is 2.25. The topological polar surface area (TPSA) is 69.7 Å². The number of hydrogen-bond donors (Lipinski definition) is 0. The highest BCUT2D eigenvalue weighted by molar-refractivity contribution is 7.90. The number of hydrogen-bond acceptors (Lipinski definition) is 5. The minimum atomic E-state index is -3.37. The van der Waals surface area contributed by atoms with Crippen molar-refractivity contribution in [1.82, 2.24) is 0 Å². The second-order valence-electron chi connectivity index (χ2n) is 3.13. The van der Waals surface area contributed by atoms with Crippen molar-refractivity contribution in [3.8, 4) is 5.75 Å². The minimum absolute atomic E-state index is 0.0441. The summed E-state index contributed by atoms with van der Waals surface area (Å²) in [5.41, 5.74) is 0.242. The van der Waals surface area contributed by atoms with Gasteiger partial charge in [0.2, 0.25) is 0 Å². The molecule has 0 N–H and O–H groups in total. The summed E-state index contributed by atoms with van der Waals surface area (Å²) in [5.74, 6) is -0.413. The first kappa shape index (κ1) is 12.5. The van der Waals surface area contributed by atoms with E-state index in [0.29, 0.717) is 0 Å². The Balaban J connectivity index is 3.33. The van der Waals surface area contributed by atoms with Crippen LogP contribution >= 0.6 is 0 Å². The first-order valence-electron chi connectivity index (χ1n) is 4.36. The van der Waals surface area contributed by atoms with E-state index in [2.05, 4.69) is 4.74 Å². The van der Waals surface area contributed by atoms with Gasteiger partial charge in [-0.3, -0.25) is 0 Å². The van der Waals surface area contributed by atoms with Crippen LogP contribution in [0.25, 0.3) is 0 Å². The fourth-order valence-corrected chi connectivity index (χ4v) is 2.04. The highest BCUT2D eigenvalue weighted by Gasteiger charge is 2.16. The molecule has 0 aliphatic heterocycles. The molecule has 0 fully saturated rings. The molecule has 6 heteroatoms. The molecule has 0 radical (unpaired) electrons. The average Bonchev–Trinajstić information content (AvgIpc) is 2.25. The molecule has 16 heavy (non-hydrogen) atoms. The van der Waals surface area contributed by atoms with Crippen LogP contribution < -0.4 is 4.74 Å². The van der Waals surface area contributed by atoms with Gasteiger partial charge in [0.05, 0.1) is 19.8 Å². The zero-order valence-corrected chi connectivity index (χ0v) is 10.00. The minimum Gasteiger partial charge on any atom is -0.495 e. The highest BCUT2D eigenvalue weighted by atomic mass is 32.2. The maximum Gasteiger partial charge on any atom is 0.337 e. The maximum absolute atomic E-state index is 11.4. The zero-order chi connectivity index (χ0) is 12.3. The number of carbonyl (C=O) groups excluding carboxylic acids is 1. The summed E-state index contributed by atoms with van der Waals surface area (Å²) in [7, 11) is -0.784. The van der Waals surface area contributed by atoms with Crippen molar-refractivity contribution in [3.05, 3.63) is 23.8 Å². The van der Waals surface area contributed by atoms with Crippen molar-refractivity contribution in [2.75, 3.05) is 20.5 Å². The Morgan fingerprint density at radius 3 is 2.31 bits per heavy atom. The van der Waals surface area contributed by atoms with Gasteiger partial charge < -0.3 is 9.47 Å². The third-order valence-corrected chi connectivity index (χ3v) is 3.12. The summed E-state index contributed by atoms with van der Waals surface area (Å²) < 4.78 is 32.2. The van der Waals surface area contributed by atoms with Gasteiger partial charge in [-0.1, -0.05) is 0 Å². The summed E-state index contributed by atoms with van der Waals surface area (Å²) in [5, 5.41) is 0. The summed E-state index contributed by atoms with van der Waals surface area (Å²) in [6.45, 7) is 0. The third kappa shape index (κ3) is 2.52. The fourth-order valence-electron chi connectivity index (χ4n) is 1.22. The monoisotopic (exact) mass is 244 g/mol. The van der Waals surface area contributed by atoms with E-state index in [0.717, 1.165) is 6.26 Å². The van der Waals surface area contributed by atoms with Crippen molar-refractivity contribution < 1.29 is 22.7 Å². The lowest BCUT2D eigenvalue weighted by molar-refractivity contribution is 0.0600. The number of ether oxygens (including phenoxy) is 2. The van der Waals surface area contributed by atoms with Crippen LogP contribution in [-0.4, -0.2) is 34.9 Å². The van der Waals surface area contributed by atoms with Gasteiger partial charge in [-0.05, 0) is 18.2 Å². The predicted octanol–water partition coefficient (Wildman–Crippen LogP) is 0.885. The van der Waals surface area contributed by atoms with Crippen LogP contribution in [-0.2, 0) is 14.6 Å². The molecule has 0 aromatic heterocycles. The molecule has 0 unspecified atom stereocenters. The van der Waals surface area contributed by atoms with Crippen LogP contribution in [0.3, 0.4) is 0 Å². The second-order valence-corrected chi connectivity index (χ2v) is 5.11. The van der Waals surface area contributed by atoms with E-state index in [4.69, 9.17) is 4.74 Å². The first-order valence-corrected chi connectivity index (χ1v) is 6.25. The van der Waals surface area contributed by atoms with Gasteiger partial charge >= 0.3 is 5.97 Å². The number of sulfone groups is 1. The molecule has 0 saturated carbocycles. The molecule has 0 saturated heterocycles. The van der Waals surface area contributed by atoms with Gasteiger partial charge in [-0.15, -0.1) is 0 Å². The Morgan fingerprint density at radius 1 is 1.25 bits per heavy atom. The van der Waals surface area contributed by atoms with Crippen LogP contribution in [0.1, 0.15) is 10.4 Å². The third-order valence-electron chi connectivity index (χ3n) is 1.98. The summed E-state index contributed by atoms with van der Waals surface area (Å²) in [6, 6.07) is 4.04. The lowest BCUT2D eigenvalue weighted by Crippen LogP contribution is -2.05. The number of methoxy groups -OCH3 is 2. The molecule has 1 aromatic carbocycles. The van der Waals surface area contributed by atoms with Crippen LogP contribution in [0.5, 0.6) is 5.75 Å². The molecule has 0 heterocycles. The Hall–Kier alpha value is -1.56. The summed E-state index contributed by atoms with van der Waals surface area (Å²) in [6.07, 6.45) is 1.07. The molecule has 5 nitrogen and oxygen atoms in total. The average molecular weight is 244 g/mol. The standard InChI is InChI=1S/C10H12O5S/c1-14-8-6-7(10(11)15-2)4-5-9(8)16(3,12)13/h4-6H,1-3H3. The molecular weight excluding hydrogens is 232 g/mol. The zero-order valence-electron chi connectivity index (χ0n) is 9.18. The van der Waals surface area contributed by atoms with E-state index >= 15 is 0 Å². The molecule has 0 spiro atoms. The first-order chi connectivity index (χ1) is 7.40. The molecule has 1 aromatic rings. The van der Waals surface area contributed by atoms with Gasteiger partial charge in [0.1, 0.15) is 10.6 Å². The number of benzene rings is 1. The van der Waals surface area contributed by atoms with E-state index < -0.39 is 15.8 Å². The van der Waals surface area contributed by atoms with Gasteiger partial charge in [-0.2, -0.15) is 0 Å². The summed E-state index contributed by atoms with van der Waals surface area (Å²) in [4.78, 5) is 11.3. The molecule has 0 bridgehead atoms. The largest absolute Gasteiger partial charge is 0.495 e. The van der Waals surface area contributed by atoms with Gasteiger partial charge in [0, 0.05) is 6.26 Å². The van der Waals surface area contributed by atoms with Gasteiger partial charge in [0.25, 0.3) is 0 Å². The van der Waals surface area contributed by atoms with Gasteiger partial charge in [-0.25, -0.2) is 13.2 Å². The van der Waals surface area contributed by atoms with Crippen molar-refractivity contribution in [3.63, 3.8) is 0 Å². The van der Waals surface area contributed by atoms with Crippen LogP contribution in [0.15, 0.2) is 23.1 Å². The van der Waals surface area contributed by atoms with Crippen molar-refractivity contribution >= 4 is 15.8 Å². The number of carbonyl (C=O) groups is 1. The normalized spacial score (nSPS) is 10.9. The molecule has 0 aliphatic carbocycles. The van der Waals surface area contributed by atoms with Crippen LogP contribution in [0, 0.1) is 0 Å². The smallest absolute Gasteiger partial charge is 0.337 e. The Bertz CT molecular complexity index is 504. The number of rotatable bonds is 3. The molecular formula is C10H12O5S. The van der Waals surface area contributed by atoms with E-state index in [-0.39, 0.29) is 16.2 Å². The van der Waals surface area contributed by atoms with Crippen molar-refractivity contribution in [1.29, 1.82) is 0 Å².